The molecule has 0 saturated carbocycles. The van der Waals surface area contributed by atoms with Crippen LogP contribution in [0.5, 0.6) is 0 Å². The van der Waals surface area contributed by atoms with Gasteiger partial charge in [-0.15, -0.1) is 6.58 Å². The lowest BCUT2D eigenvalue weighted by Crippen LogP contribution is -2.73. The predicted molar refractivity (Wildman–Crippen MR) is 238 cm³/mol. The highest BCUT2D eigenvalue weighted by molar-refractivity contribution is 7.00. The Bertz CT molecular complexity index is 1820. The zero-order valence-electron chi connectivity index (χ0n) is 35.5. The molecule has 9 atom stereocenters. The molecular weight excluding hydrogens is 757 g/mol. The third kappa shape index (κ3) is 8.02. The molecule has 7 nitrogen and oxygen atoms in total. The second-order valence-corrected chi connectivity index (χ2v) is 26.8. The molecule has 7 rings (SSSR count). The van der Waals surface area contributed by atoms with Gasteiger partial charge in [-0.25, -0.2) is 0 Å². The molecule has 0 bridgehead atoms. The number of rotatable bonds is 14. The highest BCUT2D eigenvalue weighted by Crippen LogP contribution is 2.48. The lowest BCUT2D eigenvalue weighted by Gasteiger charge is -2.53. The van der Waals surface area contributed by atoms with Gasteiger partial charge in [-0.2, -0.15) is 0 Å². The molecular formula is C49H64O7Si2. The molecule has 0 aromatic heterocycles. The number of benzene rings is 4. The van der Waals surface area contributed by atoms with Crippen molar-refractivity contribution in [1.82, 2.24) is 0 Å². The maximum Gasteiger partial charge on any atom is 0.261 e. The maximum atomic E-state index is 10.1. The van der Waals surface area contributed by atoms with Crippen molar-refractivity contribution in [3.8, 4) is 0 Å². The highest BCUT2D eigenvalue weighted by atomic mass is 28.4. The van der Waals surface area contributed by atoms with Crippen LogP contribution in [0.15, 0.2) is 134 Å². The minimum absolute atomic E-state index is 0.0577. The SMILES string of the molecule is C=CC(C[C@H]1O[C@H]2[C@@H](O[Si](c3ccccc3)(c3ccccc3)C(C)(C)C)[C@H]3O[C@@H](CCO)CC[C@@H]3O[C@H]2[C@H]1O[Si](c1ccccc1)(c1ccccc1)C(C)(C)C)OC. The van der Waals surface area contributed by atoms with Crippen molar-refractivity contribution in [2.75, 3.05) is 13.7 Å². The Kier molecular flexibility index (Phi) is 13.1. The quantitative estimate of drug-likeness (QED) is 0.109. The second kappa shape index (κ2) is 17.8. The van der Waals surface area contributed by atoms with Crippen LogP contribution in [0.25, 0.3) is 0 Å². The van der Waals surface area contributed by atoms with E-state index in [9.17, 15) is 5.11 Å². The van der Waals surface area contributed by atoms with E-state index in [1.54, 1.807) is 7.11 Å². The first kappa shape index (κ1) is 42.9. The lowest BCUT2D eigenvalue weighted by molar-refractivity contribution is -0.255. The minimum atomic E-state index is -3.12. The Hall–Kier alpha value is -3.23. The van der Waals surface area contributed by atoms with Gasteiger partial charge < -0.3 is 32.9 Å². The van der Waals surface area contributed by atoms with Crippen LogP contribution in [0, 0.1) is 0 Å². The van der Waals surface area contributed by atoms with E-state index in [4.69, 9.17) is 27.8 Å². The summed E-state index contributed by atoms with van der Waals surface area (Å²) in [5.41, 5.74) is 0. The Labute approximate surface area is 349 Å². The summed E-state index contributed by atoms with van der Waals surface area (Å²) in [4.78, 5) is 0. The van der Waals surface area contributed by atoms with Gasteiger partial charge in [-0.3, -0.25) is 0 Å². The van der Waals surface area contributed by atoms with Crippen molar-refractivity contribution in [2.45, 2.75) is 132 Å². The first-order valence-electron chi connectivity index (χ1n) is 21.2. The molecule has 4 aromatic carbocycles. The van der Waals surface area contributed by atoms with Crippen molar-refractivity contribution in [1.29, 1.82) is 0 Å². The van der Waals surface area contributed by atoms with Crippen LogP contribution in [-0.4, -0.2) is 90.4 Å². The molecule has 1 unspecified atom stereocenters. The third-order valence-corrected chi connectivity index (χ3v) is 22.8. The summed E-state index contributed by atoms with van der Waals surface area (Å²) >= 11 is 0. The second-order valence-electron chi connectivity index (χ2n) is 18.3. The van der Waals surface area contributed by atoms with Gasteiger partial charge in [0, 0.05) is 20.1 Å². The number of aliphatic hydroxyl groups is 1. The van der Waals surface area contributed by atoms with E-state index >= 15 is 0 Å². The van der Waals surface area contributed by atoms with Gasteiger partial charge in [-0.1, -0.05) is 169 Å². The minimum Gasteiger partial charge on any atom is -0.399 e. The lowest BCUT2D eigenvalue weighted by atomic mass is 9.88. The standard InChI is InChI=1S/C49H64O7Si2/c1-9-35(51-8)34-42-44(55-57(48(2,3)4,37-22-14-10-15-23-37)38-24-16-11-17-25-38)45-46(54-42)47(43-41(53-45)31-30-36(52-43)32-33-50)56-58(49(5,6)7,39-26-18-12-19-27-39)40-28-20-13-21-29-40/h9-29,35-36,41-47,50H,1,30-34H2,2-8H3/t35?,36-,41+,42-,43+,44+,45+,46-,47+/m1/s1. The normalized spacial score (nSPS) is 27.0. The number of ether oxygens (including phenoxy) is 4. The van der Waals surface area contributed by atoms with E-state index in [0.29, 0.717) is 12.8 Å². The number of methoxy groups -OCH3 is 1. The Morgan fingerprint density at radius 3 is 1.47 bits per heavy atom. The maximum absolute atomic E-state index is 10.1. The predicted octanol–water partition coefficient (Wildman–Crippen LogP) is 6.93. The molecule has 3 aliphatic rings. The summed E-state index contributed by atoms with van der Waals surface area (Å²) in [5, 5.41) is 14.3. The van der Waals surface area contributed by atoms with Crippen LogP contribution in [-0.2, 0) is 27.8 Å². The van der Waals surface area contributed by atoms with E-state index < -0.39 is 53.3 Å². The highest BCUT2D eigenvalue weighted by Gasteiger charge is 2.64. The van der Waals surface area contributed by atoms with E-state index in [-0.39, 0.29) is 35.0 Å². The van der Waals surface area contributed by atoms with Crippen LogP contribution in [0.3, 0.4) is 0 Å². The number of aliphatic hydroxyl groups excluding tert-OH is 1. The molecule has 0 aliphatic carbocycles. The molecule has 3 heterocycles. The Morgan fingerprint density at radius 1 is 0.638 bits per heavy atom. The summed E-state index contributed by atoms with van der Waals surface area (Å²) in [6.07, 6.45) is 1.10. The molecule has 0 spiro atoms. The van der Waals surface area contributed by atoms with Crippen LogP contribution < -0.4 is 20.7 Å². The fraction of sp³-hybridized carbons (Fsp3) is 0.469. The molecule has 3 aliphatic heterocycles. The molecule has 3 saturated heterocycles. The van der Waals surface area contributed by atoms with Gasteiger partial charge >= 0.3 is 0 Å². The summed E-state index contributed by atoms with van der Waals surface area (Å²) < 4.78 is 43.9. The van der Waals surface area contributed by atoms with Gasteiger partial charge in [0.2, 0.25) is 0 Å². The van der Waals surface area contributed by atoms with Gasteiger partial charge in [0.15, 0.2) is 0 Å². The molecule has 0 radical (unpaired) electrons. The zero-order valence-corrected chi connectivity index (χ0v) is 37.5. The molecule has 0 amide bonds. The van der Waals surface area contributed by atoms with Gasteiger partial charge in [0.1, 0.15) is 30.5 Å². The third-order valence-electron chi connectivity index (χ3n) is 12.8. The summed E-state index contributed by atoms with van der Waals surface area (Å²) in [6, 6.07) is 43.1. The van der Waals surface area contributed by atoms with Crippen LogP contribution in [0.2, 0.25) is 10.1 Å². The van der Waals surface area contributed by atoms with Crippen molar-refractivity contribution in [3.63, 3.8) is 0 Å². The van der Waals surface area contributed by atoms with Crippen LogP contribution in [0.1, 0.15) is 67.2 Å². The van der Waals surface area contributed by atoms with Crippen molar-refractivity contribution in [3.05, 3.63) is 134 Å². The number of hydrogen-bond donors (Lipinski definition) is 1. The van der Waals surface area contributed by atoms with E-state index in [1.165, 1.54) is 20.7 Å². The summed E-state index contributed by atoms with van der Waals surface area (Å²) in [6.45, 7) is 18.1. The van der Waals surface area contributed by atoms with Crippen molar-refractivity contribution >= 4 is 37.4 Å². The Morgan fingerprint density at radius 2 is 1.07 bits per heavy atom. The fourth-order valence-electron chi connectivity index (χ4n) is 10.0. The molecule has 3 fully saturated rings. The first-order valence-corrected chi connectivity index (χ1v) is 25.0. The average molecular weight is 821 g/mol. The van der Waals surface area contributed by atoms with E-state index in [1.807, 2.05) is 6.08 Å². The van der Waals surface area contributed by atoms with Crippen molar-refractivity contribution in [2.24, 2.45) is 0 Å². The summed E-state index contributed by atoms with van der Waals surface area (Å²) in [7, 11) is -4.49. The smallest absolute Gasteiger partial charge is 0.261 e. The summed E-state index contributed by atoms with van der Waals surface area (Å²) in [5.74, 6) is 0. The molecule has 9 heteroatoms. The van der Waals surface area contributed by atoms with Crippen LogP contribution in [0.4, 0.5) is 0 Å². The van der Waals surface area contributed by atoms with Crippen LogP contribution >= 0.6 is 0 Å². The van der Waals surface area contributed by atoms with Gasteiger partial charge in [0.05, 0.1) is 24.4 Å². The van der Waals surface area contributed by atoms with Crippen molar-refractivity contribution < 1.29 is 32.9 Å². The monoisotopic (exact) mass is 820 g/mol. The molecule has 58 heavy (non-hydrogen) atoms. The zero-order chi connectivity index (χ0) is 41.1. The molecule has 1 N–H and O–H groups in total. The first-order chi connectivity index (χ1) is 27.9. The number of fused-ring (bicyclic) bond motifs is 2. The molecule has 310 valence electrons. The molecule has 4 aromatic rings. The Balaban J connectivity index is 1.42. The average Bonchev–Trinajstić information content (AvgIpc) is 3.56. The topological polar surface area (TPSA) is 75.6 Å². The fourth-order valence-corrected chi connectivity index (χ4v) is 19.4. The van der Waals surface area contributed by atoms with Gasteiger partial charge in [-0.05, 0) is 50.1 Å². The van der Waals surface area contributed by atoms with E-state index in [2.05, 4.69) is 169 Å². The largest absolute Gasteiger partial charge is 0.399 e. The van der Waals surface area contributed by atoms with Gasteiger partial charge in [0.25, 0.3) is 16.6 Å². The van der Waals surface area contributed by atoms with E-state index in [0.717, 1.165) is 12.8 Å². The number of hydrogen-bond acceptors (Lipinski definition) is 7.